The molecule has 0 saturated heterocycles. The molecule has 94 valence electrons. The second kappa shape index (κ2) is 5.14. The van der Waals surface area contributed by atoms with E-state index in [2.05, 4.69) is 0 Å². The fourth-order valence-electron chi connectivity index (χ4n) is 1.41. The monoisotopic (exact) mass is 269 g/mol. The Morgan fingerprint density at radius 1 is 1.33 bits per heavy atom. The molecule has 1 amide bonds. The van der Waals surface area contributed by atoms with Gasteiger partial charge in [0.2, 0.25) is 0 Å². The van der Waals surface area contributed by atoms with Crippen molar-refractivity contribution in [2.75, 3.05) is 0 Å². The molecule has 1 heterocycles. The van der Waals surface area contributed by atoms with Crippen LogP contribution in [0.5, 0.6) is 5.75 Å². The zero-order chi connectivity index (χ0) is 13.1. The van der Waals surface area contributed by atoms with Crippen LogP contribution in [-0.2, 0) is 6.61 Å². The van der Waals surface area contributed by atoms with Crippen LogP contribution in [0.3, 0.4) is 0 Å². The van der Waals surface area contributed by atoms with E-state index < -0.39 is 23.1 Å². The maximum Gasteiger partial charge on any atom is 0.254 e. The minimum absolute atomic E-state index is 0.143. The number of carbonyl (C=O) groups is 1. The van der Waals surface area contributed by atoms with E-state index in [1.54, 1.807) is 0 Å². The van der Waals surface area contributed by atoms with Gasteiger partial charge in [0.05, 0.1) is 0 Å². The van der Waals surface area contributed by atoms with Gasteiger partial charge >= 0.3 is 0 Å². The molecule has 0 bridgehead atoms. The molecular weight excluding hydrogens is 260 g/mol. The van der Waals surface area contributed by atoms with Gasteiger partial charge in [0, 0.05) is 0 Å². The molecule has 2 N–H and O–H groups in total. The quantitative estimate of drug-likeness (QED) is 0.927. The second-order valence-electron chi connectivity index (χ2n) is 3.52. The highest BCUT2D eigenvalue weighted by Gasteiger charge is 2.19. The summed E-state index contributed by atoms with van der Waals surface area (Å²) in [6.45, 7) is 0.143. The normalized spacial score (nSPS) is 10.3. The highest BCUT2D eigenvalue weighted by molar-refractivity contribution is 7.07. The van der Waals surface area contributed by atoms with Crippen LogP contribution in [0.1, 0.15) is 15.9 Å². The van der Waals surface area contributed by atoms with Gasteiger partial charge in [-0.05, 0) is 34.5 Å². The van der Waals surface area contributed by atoms with Gasteiger partial charge in [-0.3, -0.25) is 4.79 Å². The third-order valence-corrected chi connectivity index (χ3v) is 3.01. The Bertz CT molecular complexity index is 570. The number of thiophene rings is 1. The van der Waals surface area contributed by atoms with Crippen molar-refractivity contribution in [1.82, 2.24) is 0 Å². The molecule has 2 rings (SSSR count). The van der Waals surface area contributed by atoms with Crippen molar-refractivity contribution < 1.29 is 18.3 Å². The van der Waals surface area contributed by atoms with E-state index in [4.69, 9.17) is 10.5 Å². The Labute approximate surface area is 106 Å². The zero-order valence-electron chi connectivity index (χ0n) is 9.15. The summed E-state index contributed by atoms with van der Waals surface area (Å²) in [4.78, 5) is 10.9. The van der Waals surface area contributed by atoms with Crippen molar-refractivity contribution in [2.45, 2.75) is 6.61 Å². The van der Waals surface area contributed by atoms with Gasteiger partial charge in [0.1, 0.15) is 18.0 Å². The van der Waals surface area contributed by atoms with Crippen LogP contribution < -0.4 is 10.5 Å². The summed E-state index contributed by atoms with van der Waals surface area (Å²) in [5.41, 5.74) is 4.99. The van der Waals surface area contributed by atoms with Crippen molar-refractivity contribution >= 4 is 17.2 Å². The Balaban J connectivity index is 2.23. The predicted molar refractivity (Wildman–Crippen MR) is 63.5 cm³/mol. The van der Waals surface area contributed by atoms with Crippen molar-refractivity contribution in [1.29, 1.82) is 0 Å². The van der Waals surface area contributed by atoms with Gasteiger partial charge in [0.25, 0.3) is 5.91 Å². The molecule has 3 nitrogen and oxygen atoms in total. The summed E-state index contributed by atoms with van der Waals surface area (Å²) < 4.78 is 32.1. The fraction of sp³-hybridized carbons (Fsp3) is 0.0833. The third kappa shape index (κ3) is 2.48. The molecule has 0 unspecified atom stereocenters. The summed E-state index contributed by atoms with van der Waals surface area (Å²) >= 11 is 1.48. The molecule has 1 aromatic carbocycles. The molecular formula is C12H9F2NO2S. The van der Waals surface area contributed by atoms with Crippen molar-refractivity contribution in [2.24, 2.45) is 5.73 Å². The number of hydrogen-bond acceptors (Lipinski definition) is 3. The van der Waals surface area contributed by atoms with E-state index >= 15 is 0 Å². The average Bonchev–Trinajstić information content (AvgIpc) is 2.80. The zero-order valence-corrected chi connectivity index (χ0v) is 9.97. The van der Waals surface area contributed by atoms with E-state index in [0.29, 0.717) is 0 Å². The third-order valence-electron chi connectivity index (χ3n) is 2.28. The summed E-state index contributed by atoms with van der Waals surface area (Å²) in [5.74, 6) is -3.43. The van der Waals surface area contributed by atoms with Crippen LogP contribution in [0.4, 0.5) is 8.78 Å². The Morgan fingerprint density at radius 3 is 2.72 bits per heavy atom. The first kappa shape index (κ1) is 12.5. The Morgan fingerprint density at radius 2 is 2.11 bits per heavy atom. The minimum Gasteiger partial charge on any atom is -0.486 e. The number of benzene rings is 1. The lowest BCUT2D eigenvalue weighted by Crippen LogP contribution is -2.16. The lowest BCUT2D eigenvalue weighted by atomic mass is 10.1. The Kier molecular flexibility index (Phi) is 3.57. The van der Waals surface area contributed by atoms with Crippen LogP contribution >= 0.6 is 11.3 Å². The van der Waals surface area contributed by atoms with Gasteiger partial charge in [-0.1, -0.05) is 0 Å². The molecule has 18 heavy (non-hydrogen) atoms. The number of carbonyl (C=O) groups excluding carboxylic acids is 1. The topological polar surface area (TPSA) is 52.3 Å². The number of nitrogens with two attached hydrogens (primary N) is 1. The standard InChI is InChI=1S/C12H9F2NO2S/c13-8-1-2-9(11(14)10(8)12(15)16)17-5-7-3-4-18-6-7/h1-4,6H,5H2,(H2,15,16). The number of halogens is 2. The van der Waals surface area contributed by atoms with E-state index in [1.807, 2.05) is 16.8 Å². The van der Waals surface area contributed by atoms with Gasteiger partial charge < -0.3 is 10.5 Å². The maximum atomic E-state index is 13.7. The number of primary amides is 1. The molecule has 0 aliphatic rings. The average molecular weight is 269 g/mol. The van der Waals surface area contributed by atoms with Gasteiger partial charge in [0.15, 0.2) is 11.6 Å². The van der Waals surface area contributed by atoms with E-state index in [0.717, 1.165) is 17.7 Å². The smallest absolute Gasteiger partial charge is 0.254 e. The van der Waals surface area contributed by atoms with Crippen molar-refractivity contribution in [3.8, 4) is 5.75 Å². The molecule has 0 aliphatic carbocycles. The SMILES string of the molecule is NC(=O)c1c(F)ccc(OCc2ccsc2)c1F. The summed E-state index contributed by atoms with van der Waals surface area (Å²) in [6, 6.07) is 3.90. The summed E-state index contributed by atoms with van der Waals surface area (Å²) in [6.07, 6.45) is 0. The predicted octanol–water partition coefficient (Wildman–Crippen LogP) is 2.70. The molecule has 0 atom stereocenters. The number of rotatable bonds is 4. The minimum atomic E-state index is -1.16. The lowest BCUT2D eigenvalue weighted by Gasteiger charge is -2.08. The largest absolute Gasteiger partial charge is 0.486 e. The fourth-order valence-corrected chi connectivity index (χ4v) is 2.06. The molecule has 1 aromatic heterocycles. The summed E-state index contributed by atoms with van der Waals surface area (Å²) in [5, 5.41) is 3.70. The van der Waals surface area contributed by atoms with Crippen molar-refractivity contribution in [3.05, 3.63) is 51.7 Å². The van der Waals surface area contributed by atoms with Gasteiger partial charge in [-0.25, -0.2) is 8.78 Å². The maximum absolute atomic E-state index is 13.7. The van der Waals surface area contributed by atoms with Crippen molar-refractivity contribution in [3.63, 3.8) is 0 Å². The lowest BCUT2D eigenvalue weighted by molar-refractivity contribution is 0.0991. The molecule has 0 radical (unpaired) electrons. The molecule has 0 aliphatic heterocycles. The number of amides is 1. The van der Waals surface area contributed by atoms with Crippen LogP contribution in [0.2, 0.25) is 0 Å². The number of hydrogen-bond donors (Lipinski definition) is 1. The van der Waals surface area contributed by atoms with E-state index in [1.165, 1.54) is 11.3 Å². The molecule has 0 saturated carbocycles. The summed E-state index contributed by atoms with van der Waals surface area (Å²) in [7, 11) is 0. The highest BCUT2D eigenvalue weighted by Crippen LogP contribution is 2.24. The first-order chi connectivity index (χ1) is 8.59. The van der Waals surface area contributed by atoms with E-state index in [9.17, 15) is 13.6 Å². The first-order valence-corrected chi connectivity index (χ1v) is 5.95. The van der Waals surface area contributed by atoms with Gasteiger partial charge in [-0.15, -0.1) is 0 Å². The van der Waals surface area contributed by atoms with Crippen LogP contribution in [0, 0.1) is 11.6 Å². The van der Waals surface area contributed by atoms with E-state index in [-0.39, 0.29) is 12.4 Å². The second-order valence-corrected chi connectivity index (χ2v) is 4.30. The highest BCUT2D eigenvalue weighted by atomic mass is 32.1. The molecule has 0 spiro atoms. The van der Waals surface area contributed by atoms with Gasteiger partial charge in [-0.2, -0.15) is 11.3 Å². The van der Waals surface area contributed by atoms with Crippen LogP contribution in [0.25, 0.3) is 0 Å². The molecule has 0 fully saturated rings. The van der Waals surface area contributed by atoms with Crippen LogP contribution in [-0.4, -0.2) is 5.91 Å². The Hall–Kier alpha value is -1.95. The number of ether oxygens (including phenoxy) is 1. The first-order valence-electron chi connectivity index (χ1n) is 5.01. The molecule has 6 heteroatoms. The van der Waals surface area contributed by atoms with Crippen LogP contribution in [0.15, 0.2) is 29.0 Å². The molecule has 2 aromatic rings.